The lowest BCUT2D eigenvalue weighted by molar-refractivity contribution is 0.102. The van der Waals surface area contributed by atoms with Crippen LogP contribution in [0.1, 0.15) is 45.2 Å². The summed E-state index contributed by atoms with van der Waals surface area (Å²) in [5.74, 6) is -1.51. The van der Waals surface area contributed by atoms with E-state index >= 15 is 0 Å². The molecule has 0 saturated carbocycles. The van der Waals surface area contributed by atoms with Gasteiger partial charge in [0, 0.05) is 24.3 Å². The Morgan fingerprint density at radius 2 is 1.64 bits per heavy atom. The summed E-state index contributed by atoms with van der Waals surface area (Å²) in [5, 5.41) is 13.6. The van der Waals surface area contributed by atoms with E-state index in [1.165, 1.54) is 12.1 Å². The van der Waals surface area contributed by atoms with Gasteiger partial charge in [0.2, 0.25) is 0 Å². The van der Waals surface area contributed by atoms with E-state index < -0.39 is 11.7 Å². The topological polar surface area (TPSA) is 85.3 Å². The number of hydrogen-bond acceptors (Lipinski definition) is 3. The molecule has 3 aromatic rings. The first-order valence-corrected chi connectivity index (χ1v) is 10.9. The first kappa shape index (κ1) is 22.2. The van der Waals surface area contributed by atoms with Crippen molar-refractivity contribution >= 4 is 29.0 Å². The molecule has 3 N–H and O–H groups in total. The Morgan fingerprint density at radius 1 is 0.939 bits per heavy atom. The van der Waals surface area contributed by atoms with Crippen LogP contribution in [0, 0.1) is 11.2 Å². The quantitative estimate of drug-likeness (QED) is 0.373. The van der Waals surface area contributed by atoms with Crippen molar-refractivity contribution in [3.8, 4) is 0 Å². The van der Waals surface area contributed by atoms with E-state index in [0.29, 0.717) is 11.3 Å². The van der Waals surface area contributed by atoms with Crippen LogP contribution in [0.25, 0.3) is 0 Å². The molecule has 0 radical (unpaired) electrons. The van der Waals surface area contributed by atoms with Gasteiger partial charge in [-0.05, 0) is 54.8 Å². The van der Waals surface area contributed by atoms with Crippen LogP contribution in [0.15, 0.2) is 66.7 Å². The van der Waals surface area contributed by atoms with Gasteiger partial charge in [-0.15, -0.1) is 0 Å². The van der Waals surface area contributed by atoms with Crippen molar-refractivity contribution in [3.05, 3.63) is 94.8 Å². The standard InChI is InChI=1S/C26H25FN4O2/c1-2-17-8-11-19(12-9-17)29-26(33)21-6-3-4-7-23(21)30-25(32)20-13-10-18(16-22(20)27)24(28)31-14-5-15-31/h3-4,6-13,16,28H,2,5,14-15H2,1H3,(H,29,33)(H,30,32). The molecule has 1 saturated heterocycles. The van der Waals surface area contributed by atoms with Gasteiger partial charge in [-0.25, -0.2) is 4.39 Å². The zero-order chi connectivity index (χ0) is 23.4. The molecule has 2 amide bonds. The van der Waals surface area contributed by atoms with Crippen molar-refractivity contribution in [1.82, 2.24) is 4.90 Å². The average Bonchev–Trinajstić information content (AvgIpc) is 2.78. The van der Waals surface area contributed by atoms with Crippen LogP contribution in [0.4, 0.5) is 15.8 Å². The molecule has 3 aromatic carbocycles. The van der Waals surface area contributed by atoms with Gasteiger partial charge in [0.25, 0.3) is 11.8 Å². The maximum Gasteiger partial charge on any atom is 0.258 e. The molecule has 1 heterocycles. The van der Waals surface area contributed by atoms with Gasteiger partial charge in [0.15, 0.2) is 0 Å². The molecule has 33 heavy (non-hydrogen) atoms. The molecule has 6 nitrogen and oxygen atoms in total. The SMILES string of the molecule is CCc1ccc(NC(=O)c2ccccc2NC(=O)c2ccc(C(=N)N3CCC3)cc2F)cc1. The van der Waals surface area contributed by atoms with Gasteiger partial charge in [0.05, 0.1) is 16.8 Å². The average molecular weight is 445 g/mol. The van der Waals surface area contributed by atoms with Crippen LogP contribution in [-0.4, -0.2) is 35.6 Å². The third-order valence-corrected chi connectivity index (χ3v) is 5.70. The molecule has 0 atom stereocenters. The van der Waals surface area contributed by atoms with Gasteiger partial charge in [0.1, 0.15) is 11.7 Å². The number of aryl methyl sites for hydroxylation is 1. The van der Waals surface area contributed by atoms with Gasteiger partial charge in [-0.1, -0.05) is 37.3 Å². The summed E-state index contributed by atoms with van der Waals surface area (Å²) >= 11 is 0. The number of hydrogen-bond donors (Lipinski definition) is 3. The number of anilines is 2. The summed E-state index contributed by atoms with van der Waals surface area (Å²) in [7, 11) is 0. The Balaban J connectivity index is 1.49. The number of amides is 2. The molecule has 0 bridgehead atoms. The second-order valence-electron chi connectivity index (χ2n) is 7.89. The van der Waals surface area contributed by atoms with Crippen LogP contribution < -0.4 is 10.6 Å². The minimum Gasteiger partial charge on any atom is -0.356 e. The lowest BCUT2D eigenvalue weighted by atomic mass is 10.1. The van der Waals surface area contributed by atoms with Gasteiger partial charge >= 0.3 is 0 Å². The van der Waals surface area contributed by atoms with Crippen molar-refractivity contribution in [2.75, 3.05) is 23.7 Å². The van der Waals surface area contributed by atoms with Crippen LogP contribution in [0.5, 0.6) is 0 Å². The lowest BCUT2D eigenvalue weighted by Crippen LogP contribution is -2.42. The lowest BCUT2D eigenvalue weighted by Gasteiger charge is -2.33. The predicted octanol–water partition coefficient (Wildman–Crippen LogP) is 4.92. The van der Waals surface area contributed by atoms with E-state index in [2.05, 4.69) is 17.6 Å². The highest BCUT2D eigenvalue weighted by Crippen LogP contribution is 2.21. The maximum absolute atomic E-state index is 14.7. The predicted molar refractivity (Wildman–Crippen MR) is 128 cm³/mol. The smallest absolute Gasteiger partial charge is 0.258 e. The number of carbonyl (C=O) groups is 2. The number of nitrogens with one attached hydrogen (secondary N) is 3. The molecule has 0 aliphatic carbocycles. The Bertz CT molecular complexity index is 1200. The second kappa shape index (κ2) is 9.65. The minimum atomic E-state index is -0.715. The summed E-state index contributed by atoms with van der Waals surface area (Å²) in [4.78, 5) is 27.4. The first-order valence-electron chi connectivity index (χ1n) is 10.9. The Kier molecular flexibility index (Phi) is 6.49. The molecular weight excluding hydrogens is 419 g/mol. The highest BCUT2D eigenvalue weighted by molar-refractivity contribution is 6.12. The number of nitrogens with zero attached hydrogens (tertiary/aromatic N) is 1. The van der Waals surface area contributed by atoms with Crippen molar-refractivity contribution in [2.45, 2.75) is 19.8 Å². The number of para-hydroxylation sites is 1. The normalized spacial score (nSPS) is 12.6. The highest BCUT2D eigenvalue weighted by Gasteiger charge is 2.21. The first-order chi connectivity index (χ1) is 16.0. The Hall–Kier alpha value is -4.00. The molecule has 0 spiro atoms. The number of likely N-dealkylation sites (tertiary alicyclic amines) is 1. The third-order valence-electron chi connectivity index (χ3n) is 5.70. The highest BCUT2D eigenvalue weighted by atomic mass is 19.1. The molecule has 1 aliphatic heterocycles. The fraction of sp³-hybridized carbons (Fsp3) is 0.192. The van der Waals surface area contributed by atoms with Crippen molar-refractivity contribution in [3.63, 3.8) is 0 Å². The molecular formula is C26H25FN4O2. The van der Waals surface area contributed by atoms with E-state index in [1.807, 2.05) is 29.2 Å². The summed E-state index contributed by atoms with van der Waals surface area (Å²) in [5.41, 5.74) is 2.63. The number of halogens is 1. The van der Waals surface area contributed by atoms with E-state index in [-0.39, 0.29) is 28.6 Å². The summed E-state index contributed by atoms with van der Waals surface area (Å²) in [6.45, 7) is 3.62. The Labute approximate surface area is 191 Å². The zero-order valence-corrected chi connectivity index (χ0v) is 18.3. The van der Waals surface area contributed by atoms with Crippen LogP contribution in [0.2, 0.25) is 0 Å². The molecule has 1 fully saturated rings. The molecule has 168 valence electrons. The fourth-order valence-corrected chi connectivity index (χ4v) is 3.57. The zero-order valence-electron chi connectivity index (χ0n) is 18.3. The molecule has 4 rings (SSSR count). The monoisotopic (exact) mass is 444 g/mol. The second-order valence-corrected chi connectivity index (χ2v) is 7.89. The van der Waals surface area contributed by atoms with E-state index in [9.17, 15) is 14.0 Å². The van der Waals surface area contributed by atoms with Crippen molar-refractivity contribution in [2.24, 2.45) is 0 Å². The van der Waals surface area contributed by atoms with Gasteiger partial charge in [-0.2, -0.15) is 0 Å². The fourth-order valence-electron chi connectivity index (χ4n) is 3.57. The van der Waals surface area contributed by atoms with Crippen LogP contribution in [-0.2, 0) is 6.42 Å². The van der Waals surface area contributed by atoms with Crippen molar-refractivity contribution < 1.29 is 14.0 Å². The van der Waals surface area contributed by atoms with Crippen molar-refractivity contribution in [1.29, 1.82) is 5.41 Å². The molecule has 0 aromatic heterocycles. The van der Waals surface area contributed by atoms with Gasteiger partial charge in [-0.3, -0.25) is 15.0 Å². The molecule has 0 unspecified atom stereocenters. The number of amidine groups is 1. The van der Waals surface area contributed by atoms with Gasteiger partial charge < -0.3 is 15.5 Å². The number of carbonyl (C=O) groups excluding carboxylic acids is 2. The van der Waals surface area contributed by atoms with E-state index in [0.717, 1.165) is 31.5 Å². The summed E-state index contributed by atoms with van der Waals surface area (Å²) < 4.78 is 14.7. The minimum absolute atomic E-state index is 0.152. The summed E-state index contributed by atoms with van der Waals surface area (Å²) in [6, 6.07) is 18.3. The van der Waals surface area contributed by atoms with E-state index in [4.69, 9.17) is 5.41 Å². The largest absolute Gasteiger partial charge is 0.356 e. The Morgan fingerprint density at radius 3 is 2.27 bits per heavy atom. The number of benzene rings is 3. The molecule has 7 heteroatoms. The third kappa shape index (κ3) is 4.92. The van der Waals surface area contributed by atoms with E-state index in [1.54, 1.807) is 30.3 Å². The summed E-state index contributed by atoms with van der Waals surface area (Å²) in [6.07, 6.45) is 1.92. The molecule has 1 aliphatic rings. The van der Waals surface area contributed by atoms with Crippen LogP contribution in [0.3, 0.4) is 0 Å². The van der Waals surface area contributed by atoms with Crippen LogP contribution >= 0.6 is 0 Å². The number of rotatable bonds is 6. The maximum atomic E-state index is 14.7.